The molecule has 0 N–H and O–H groups in total. The first kappa shape index (κ1) is 39.4. The summed E-state index contributed by atoms with van der Waals surface area (Å²) in [4.78, 5) is 0. The van der Waals surface area contributed by atoms with Gasteiger partial charge in [0.15, 0.2) is 16.8 Å². The Balaban J connectivity index is 0.000000458. The molecular weight excluding hydrogens is 730 g/mol. The predicted octanol–water partition coefficient (Wildman–Crippen LogP) is 10.6. The summed E-state index contributed by atoms with van der Waals surface area (Å²) in [5.41, 5.74) is 11.8. The third-order valence-electron chi connectivity index (χ3n) is 9.49. The van der Waals surface area contributed by atoms with Gasteiger partial charge < -0.3 is 9.47 Å². The van der Waals surface area contributed by atoms with Crippen molar-refractivity contribution in [1.29, 1.82) is 0 Å². The zero-order valence-electron chi connectivity index (χ0n) is 30.9. The first-order chi connectivity index (χ1) is 24.2. The fourth-order valence-electron chi connectivity index (χ4n) is 5.97. The Hall–Kier alpha value is -4.42. The Kier molecular flexibility index (Phi) is 14.4. The maximum absolute atomic E-state index is 6.83. The third kappa shape index (κ3) is 9.89. The summed E-state index contributed by atoms with van der Waals surface area (Å²) in [6.45, 7) is 15.2. The Labute approximate surface area is 319 Å². The zero-order valence-corrected chi connectivity index (χ0v) is 33.6. The quantitative estimate of drug-likeness (QED) is 0.0479. The van der Waals surface area contributed by atoms with Gasteiger partial charge in [-0.3, -0.25) is 0 Å². The average molecular weight is 779 g/mol. The second-order valence-electron chi connectivity index (χ2n) is 12.7. The van der Waals surface area contributed by atoms with Crippen molar-refractivity contribution in [3.63, 3.8) is 0 Å². The first-order valence-corrected chi connectivity index (χ1v) is 18.6. The van der Waals surface area contributed by atoms with Gasteiger partial charge >= 0.3 is 0 Å². The molecule has 263 valence electrons. The standard InChI is InChI=1S/C37H32O2P.C10H15.Rh/c1-28-20-24-30(25-21-28)12-10-17-34(31-26-22-29(2)23-27-31)39-36-19-11-18-35(38-3)37(36)40(32-13-6-4-7-14-32)33-15-8-5-9-16-33;1-6-7(2)9(4)10(5)8(6)3;/h4-11,13-27H,1-3H3;1-5H3;/q2*-1;/p+1. The molecule has 0 bridgehead atoms. The molecule has 6 aromatic rings. The van der Waals surface area contributed by atoms with Crippen LogP contribution < -0.4 is 25.4 Å². The summed E-state index contributed by atoms with van der Waals surface area (Å²) in [6, 6.07) is 44.1. The second-order valence-corrected chi connectivity index (χ2v) is 15.1. The number of hydrogen-bond donors (Lipinski definition) is 0. The molecule has 51 heavy (non-hydrogen) atoms. The van der Waals surface area contributed by atoms with Crippen molar-refractivity contribution in [2.24, 2.45) is 0 Å². The fourth-order valence-corrected chi connectivity index (χ4v) is 8.75. The summed E-state index contributed by atoms with van der Waals surface area (Å²) >= 11 is 0. The van der Waals surface area contributed by atoms with Crippen molar-refractivity contribution < 1.29 is 29.0 Å². The minimum Gasteiger partial charge on any atom is -0.492 e. The largest absolute Gasteiger partial charge is 0.492 e. The van der Waals surface area contributed by atoms with Crippen LogP contribution in [0.25, 0.3) is 5.76 Å². The number of ether oxygens (including phenoxy) is 2. The number of rotatable bonds is 9. The van der Waals surface area contributed by atoms with Crippen molar-refractivity contribution in [3.8, 4) is 11.5 Å². The van der Waals surface area contributed by atoms with E-state index in [1.165, 1.54) is 49.6 Å². The summed E-state index contributed by atoms with van der Waals surface area (Å²) in [7, 11) is 0.279. The van der Waals surface area contributed by atoms with Crippen LogP contribution in [0.3, 0.4) is 0 Å². The zero-order chi connectivity index (χ0) is 35.6. The van der Waals surface area contributed by atoms with Crippen LogP contribution in [0.1, 0.15) is 50.1 Å². The van der Waals surface area contributed by atoms with Gasteiger partial charge in [0.05, 0.1) is 12.9 Å². The summed E-state index contributed by atoms with van der Waals surface area (Å²) in [6.07, 6.45) is 7.30. The number of allylic oxidation sites excluding steroid dienone is 2. The minimum atomic E-state index is -1.45. The molecule has 6 rings (SSSR count). The number of benzene rings is 5. The van der Waals surface area contributed by atoms with Crippen molar-refractivity contribution in [1.82, 2.24) is 0 Å². The molecule has 0 saturated heterocycles. The van der Waals surface area contributed by atoms with Crippen LogP contribution in [-0.4, -0.2) is 7.11 Å². The Morgan fingerprint density at radius 3 is 1.57 bits per heavy atom. The van der Waals surface area contributed by atoms with E-state index in [0.717, 1.165) is 33.7 Å². The smallest absolute Gasteiger partial charge is 0.186 e. The van der Waals surface area contributed by atoms with E-state index >= 15 is 0 Å². The molecule has 0 fully saturated rings. The summed E-state index contributed by atoms with van der Waals surface area (Å²) < 4.78 is 12.8. The van der Waals surface area contributed by atoms with E-state index in [1.54, 1.807) is 7.11 Å². The Morgan fingerprint density at radius 1 is 0.608 bits per heavy atom. The van der Waals surface area contributed by atoms with E-state index in [4.69, 9.17) is 9.47 Å². The van der Waals surface area contributed by atoms with Gasteiger partial charge in [0.25, 0.3) is 0 Å². The van der Waals surface area contributed by atoms with Crippen LogP contribution in [0.5, 0.6) is 11.5 Å². The van der Waals surface area contributed by atoms with Gasteiger partial charge in [0.2, 0.25) is 0 Å². The summed E-state index contributed by atoms with van der Waals surface area (Å²) in [5, 5.41) is 3.61. The number of aryl methyl sites for hydroxylation is 2. The van der Waals surface area contributed by atoms with E-state index in [2.05, 4.69) is 164 Å². The minimum absolute atomic E-state index is 0. The molecule has 0 aliphatic carbocycles. The van der Waals surface area contributed by atoms with Crippen LogP contribution in [0, 0.1) is 54.5 Å². The molecule has 0 aliphatic rings. The van der Waals surface area contributed by atoms with Crippen LogP contribution >= 0.6 is 7.92 Å². The SMILES string of the molecule is COc1cccc(OC(=CC=[C-]c2ccc(C)cc2)c2ccc(C)cc2)c1[PH+](c1ccccc1)c1ccccc1.Cc1c(C)c(C)[c-](C)c1C.[Rh]. The van der Waals surface area contributed by atoms with Gasteiger partial charge in [-0.2, -0.15) is 27.8 Å². The maximum Gasteiger partial charge on any atom is 0.186 e. The van der Waals surface area contributed by atoms with Gasteiger partial charge in [-0.1, -0.05) is 119 Å². The molecule has 6 aromatic carbocycles. The molecule has 1 radical (unpaired) electrons. The molecule has 0 aromatic heterocycles. The molecule has 2 nitrogen and oxygen atoms in total. The molecule has 0 atom stereocenters. The van der Waals surface area contributed by atoms with E-state index in [1.807, 2.05) is 30.4 Å². The first-order valence-electron chi connectivity index (χ1n) is 17.1. The molecule has 0 spiro atoms. The van der Waals surface area contributed by atoms with Crippen molar-refractivity contribution in [2.75, 3.05) is 7.11 Å². The molecule has 0 aliphatic heterocycles. The molecule has 4 heteroatoms. The second kappa shape index (κ2) is 18.7. The van der Waals surface area contributed by atoms with Gasteiger partial charge in [-0.25, -0.2) is 0 Å². The topological polar surface area (TPSA) is 18.5 Å². The molecule has 0 heterocycles. The monoisotopic (exact) mass is 778 g/mol. The summed E-state index contributed by atoms with van der Waals surface area (Å²) in [5.74, 6) is 2.36. The van der Waals surface area contributed by atoms with E-state index in [0.29, 0.717) is 0 Å². The van der Waals surface area contributed by atoms with E-state index in [9.17, 15) is 0 Å². The van der Waals surface area contributed by atoms with Crippen LogP contribution in [0.15, 0.2) is 140 Å². The van der Waals surface area contributed by atoms with Crippen LogP contribution in [-0.2, 0) is 19.5 Å². The van der Waals surface area contributed by atoms with Crippen molar-refractivity contribution in [3.05, 3.63) is 196 Å². The van der Waals surface area contributed by atoms with Gasteiger partial charge in [-0.15, -0.1) is 42.0 Å². The number of methoxy groups -OCH3 is 1. The van der Waals surface area contributed by atoms with E-state index < -0.39 is 7.92 Å². The molecule has 0 unspecified atom stereocenters. The number of hydrogen-bond acceptors (Lipinski definition) is 2. The average Bonchev–Trinajstić information content (AvgIpc) is 3.31. The van der Waals surface area contributed by atoms with Crippen molar-refractivity contribution >= 4 is 29.6 Å². The van der Waals surface area contributed by atoms with E-state index in [-0.39, 0.29) is 19.5 Å². The van der Waals surface area contributed by atoms with Gasteiger partial charge in [0.1, 0.15) is 18.5 Å². The van der Waals surface area contributed by atoms with Crippen molar-refractivity contribution in [2.45, 2.75) is 48.5 Å². The van der Waals surface area contributed by atoms with Crippen LogP contribution in [0.4, 0.5) is 0 Å². The molecule has 0 saturated carbocycles. The van der Waals surface area contributed by atoms with Gasteiger partial charge in [0, 0.05) is 25.0 Å². The third-order valence-corrected chi connectivity index (χ3v) is 12.3. The predicted molar refractivity (Wildman–Crippen MR) is 217 cm³/mol. The normalized spacial score (nSPS) is 11.2. The molecular formula is C47H48O2PRh-. The Morgan fingerprint density at radius 2 is 1.10 bits per heavy atom. The van der Waals surface area contributed by atoms with Gasteiger partial charge in [-0.05, 0) is 50.2 Å². The Bertz CT molecular complexity index is 1940. The maximum atomic E-state index is 6.83. The molecule has 0 amide bonds. The van der Waals surface area contributed by atoms with Crippen LogP contribution in [0.2, 0.25) is 0 Å². The fraction of sp³-hybridized carbons (Fsp3) is 0.170.